The van der Waals surface area contributed by atoms with E-state index < -0.39 is 0 Å². The Bertz CT molecular complexity index is 464. The van der Waals surface area contributed by atoms with E-state index in [0.29, 0.717) is 12.0 Å². The van der Waals surface area contributed by atoms with Crippen LogP contribution in [0.15, 0.2) is 18.2 Å². The zero-order chi connectivity index (χ0) is 15.9. The van der Waals surface area contributed by atoms with E-state index >= 15 is 0 Å². The van der Waals surface area contributed by atoms with Crippen molar-refractivity contribution in [2.24, 2.45) is 11.7 Å². The highest BCUT2D eigenvalue weighted by Gasteiger charge is 2.25. The Morgan fingerprint density at radius 3 is 2.64 bits per heavy atom. The van der Waals surface area contributed by atoms with Crippen LogP contribution in [0.25, 0.3) is 0 Å². The van der Waals surface area contributed by atoms with Crippen molar-refractivity contribution in [1.82, 2.24) is 4.90 Å². The number of piperidine rings is 1. The Hall–Kier alpha value is -1.26. The Labute approximate surface area is 134 Å². The highest BCUT2D eigenvalue weighted by atomic mass is 16.5. The number of hydrogen-bond acceptors (Lipinski definition) is 4. The molecule has 2 rings (SSSR count). The van der Waals surface area contributed by atoms with E-state index in [9.17, 15) is 0 Å². The van der Waals surface area contributed by atoms with Gasteiger partial charge in [-0.05, 0) is 49.4 Å². The first-order valence-electron chi connectivity index (χ1n) is 8.35. The molecule has 1 aromatic carbocycles. The first-order valence-corrected chi connectivity index (χ1v) is 8.35. The van der Waals surface area contributed by atoms with Crippen molar-refractivity contribution in [2.45, 2.75) is 38.6 Å². The van der Waals surface area contributed by atoms with Gasteiger partial charge in [0.05, 0.1) is 14.2 Å². The maximum Gasteiger partial charge on any atom is 0.160 e. The summed E-state index contributed by atoms with van der Waals surface area (Å²) >= 11 is 0. The molecule has 0 aliphatic carbocycles. The van der Waals surface area contributed by atoms with Gasteiger partial charge in [-0.25, -0.2) is 0 Å². The zero-order valence-corrected chi connectivity index (χ0v) is 14.2. The third kappa shape index (κ3) is 4.62. The first-order chi connectivity index (χ1) is 10.7. The topological polar surface area (TPSA) is 47.7 Å². The van der Waals surface area contributed by atoms with Crippen LogP contribution < -0.4 is 15.2 Å². The summed E-state index contributed by atoms with van der Waals surface area (Å²) in [5.41, 5.74) is 7.55. The molecule has 4 heteroatoms. The fourth-order valence-electron chi connectivity index (χ4n) is 3.40. The largest absolute Gasteiger partial charge is 0.493 e. The Balaban J connectivity index is 1.99. The van der Waals surface area contributed by atoms with Gasteiger partial charge in [0.2, 0.25) is 0 Å². The third-order valence-electron chi connectivity index (χ3n) is 4.45. The van der Waals surface area contributed by atoms with Crippen molar-refractivity contribution < 1.29 is 9.47 Å². The van der Waals surface area contributed by atoms with Crippen molar-refractivity contribution in [1.29, 1.82) is 0 Å². The molecule has 2 N–H and O–H groups in total. The van der Waals surface area contributed by atoms with Gasteiger partial charge in [0.1, 0.15) is 0 Å². The maximum atomic E-state index is 6.26. The summed E-state index contributed by atoms with van der Waals surface area (Å²) in [4.78, 5) is 2.53. The highest BCUT2D eigenvalue weighted by molar-refractivity contribution is 5.43. The second-order valence-corrected chi connectivity index (χ2v) is 6.37. The molecule has 0 bridgehead atoms. The molecule has 4 nitrogen and oxygen atoms in total. The molecule has 1 aromatic rings. The van der Waals surface area contributed by atoms with Crippen LogP contribution in [0.1, 0.15) is 31.7 Å². The van der Waals surface area contributed by atoms with E-state index in [1.54, 1.807) is 14.2 Å². The molecule has 1 aliphatic rings. The summed E-state index contributed by atoms with van der Waals surface area (Å²) in [5.74, 6) is 2.22. The number of unbranched alkanes of at least 4 members (excludes halogenated alkanes) is 1. The number of methoxy groups -OCH3 is 2. The minimum atomic E-state index is 0.302. The Kier molecular flexibility index (Phi) is 6.52. The van der Waals surface area contributed by atoms with Crippen LogP contribution in [0.5, 0.6) is 11.5 Å². The lowest BCUT2D eigenvalue weighted by molar-refractivity contribution is 0.154. The summed E-state index contributed by atoms with van der Waals surface area (Å²) in [6.45, 7) is 5.61. The smallest absolute Gasteiger partial charge is 0.160 e. The quantitative estimate of drug-likeness (QED) is 0.841. The van der Waals surface area contributed by atoms with Gasteiger partial charge in [0.15, 0.2) is 11.5 Å². The SMILES string of the molecule is CCCCN1CC(N)CC(Cc2ccc(OC)c(OC)c2)C1. The van der Waals surface area contributed by atoms with Crippen LogP contribution in [0.2, 0.25) is 0 Å². The van der Waals surface area contributed by atoms with E-state index in [2.05, 4.69) is 24.0 Å². The Morgan fingerprint density at radius 1 is 1.18 bits per heavy atom. The molecule has 0 amide bonds. The number of rotatable bonds is 7. The standard InChI is InChI=1S/C18H30N2O2/c1-4-5-8-20-12-15(10-16(19)13-20)9-14-6-7-17(21-2)18(11-14)22-3/h6-7,11,15-16H,4-5,8-10,12-13,19H2,1-3H3. The second kappa shape index (κ2) is 8.39. The molecule has 1 heterocycles. The van der Waals surface area contributed by atoms with Gasteiger partial charge in [-0.15, -0.1) is 0 Å². The molecule has 0 spiro atoms. The van der Waals surface area contributed by atoms with E-state index in [4.69, 9.17) is 15.2 Å². The fraction of sp³-hybridized carbons (Fsp3) is 0.667. The number of nitrogens with zero attached hydrogens (tertiary/aromatic N) is 1. The van der Waals surface area contributed by atoms with Crippen molar-refractivity contribution in [2.75, 3.05) is 33.9 Å². The summed E-state index contributed by atoms with van der Waals surface area (Å²) in [5, 5.41) is 0. The molecule has 124 valence electrons. The van der Waals surface area contributed by atoms with Crippen molar-refractivity contribution in [3.05, 3.63) is 23.8 Å². The first kappa shape index (κ1) is 17.1. The second-order valence-electron chi connectivity index (χ2n) is 6.37. The molecule has 1 fully saturated rings. The van der Waals surface area contributed by atoms with Crippen molar-refractivity contribution in [3.63, 3.8) is 0 Å². The van der Waals surface area contributed by atoms with Crippen molar-refractivity contribution >= 4 is 0 Å². The van der Waals surface area contributed by atoms with Gasteiger partial charge in [-0.1, -0.05) is 19.4 Å². The van der Waals surface area contributed by atoms with Crippen LogP contribution in [0.3, 0.4) is 0 Å². The molecule has 0 radical (unpaired) electrons. The van der Waals surface area contributed by atoms with E-state index in [0.717, 1.165) is 37.4 Å². The van der Waals surface area contributed by atoms with Gasteiger partial charge in [0, 0.05) is 19.1 Å². The van der Waals surface area contributed by atoms with Crippen LogP contribution >= 0.6 is 0 Å². The predicted molar refractivity (Wildman–Crippen MR) is 90.7 cm³/mol. The monoisotopic (exact) mass is 306 g/mol. The van der Waals surface area contributed by atoms with Crippen LogP contribution in [0.4, 0.5) is 0 Å². The summed E-state index contributed by atoms with van der Waals surface area (Å²) < 4.78 is 10.7. The zero-order valence-electron chi connectivity index (χ0n) is 14.2. The van der Waals surface area contributed by atoms with Crippen molar-refractivity contribution in [3.8, 4) is 11.5 Å². The summed E-state index contributed by atoms with van der Waals surface area (Å²) in [7, 11) is 3.36. The number of ether oxygens (including phenoxy) is 2. The molecule has 2 unspecified atom stereocenters. The summed E-state index contributed by atoms with van der Waals surface area (Å²) in [6.07, 6.45) is 4.66. The van der Waals surface area contributed by atoms with Crippen LogP contribution in [-0.2, 0) is 6.42 Å². The lowest BCUT2D eigenvalue weighted by Crippen LogP contribution is -2.47. The van der Waals surface area contributed by atoms with Gasteiger partial charge >= 0.3 is 0 Å². The minimum Gasteiger partial charge on any atom is -0.493 e. The minimum absolute atomic E-state index is 0.302. The lowest BCUT2D eigenvalue weighted by Gasteiger charge is -2.36. The van der Waals surface area contributed by atoms with Gasteiger partial charge in [0.25, 0.3) is 0 Å². The van der Waals surface area contributed by atoms with Crippen LogP contribution in [0, 0.1) is 5.92 Å². The number of likely N-dealkylation sites (tertiary alicyclic amines) is 1. The Morgan fingerprint density at radius 2 is 1.95 bits per heavy atom. The molecular weight excluding hydrogens is 276 g/mol. The van der Waals surface area contributed by atoms with Gasteiger partial charge in [-0.2, -0.15) is 0 Å². The molecule has 0 aromatic heterocycles. The maximum absolute atomic E-state index is 6.26. The predicted octanol–water partition coefficient (Wildman–Crippen LogP) is 2.70. The fourth-order valence-corrected chi connectivity index (χ4v) is 3.40. The van der Waals surface area contributed by atoms with Gasteiger partial charge < -0.3 is 20.1 Å². The van der Waals surface area contributed by atoms with E-state index in [-0.39, 0.29) is 0 Å². The normalized spacial score (nSPS) is 22.5. The van der Waals surface area contributed by atoms with E-state index in [1.807, 2.05) is 6.07 Å². The molecular formula is C18H30N2O2. The van der Waals surface area contributed by atoms with E-state index in [1.165, 1.54) is 24.9 Å². The average Bonchev–Trinajstić information content (AvgIpc) is 2.52. The lowest BCUT2D eigenvalue weighted by atomic mass is 9.89. The third-order valence-corrected chi connectivity index (χ3v) is 4.45. The molecule has 1 aliphatic heterocycles. The average molecular weight is 306 g/mol. The molecule has 2 atom stereocenters. The molecule has 0 saturated carbocycles. The highest BCUT2D eigenvalue weighted by Crippen LogP contribution is 2.29. The van der Waals surface area contributed by atoms with Gasteiger partial charge in [-0.3, -0.25) is 0 Å². The molecule has 22 heavy (non-hydrogen) atoms. The number of benzene rings is 1. The number of hydrogen-bond donors (Lipinski definition) is 1. The summed E-state index contributed by atoms with van der Waals surface area (Å²) in [6, 6.07) is 6.52. The van der Waals surface area contributed by atoms with Crippen LogP contribution in [-0.4, -0.2) is 44.8 Å². The molecule has 1 saturated heterocycles. The number of nitrogens with two attached hydrogens (primary N) is 1.